The predicted molar refractivity (Wildman–Crippen MR) is 136 cm³/mol. The summed E-state index contributed by atoms with van der Waals surface area (Å²) >= 11 is 6.18. The number of rotatable bonds is 6. The molecule has 0 aliphatic carbocycles. The number of hydrogen-bond donors (Lipinski definition) is 2. The highest BCUT2D eigenvalue weighted by Gasteiger charge is 2.19. The Kier molecular flexibility index (Phi) is 6.68. The molecule has 35 heavy (non-hydrogen) atoms. The molecule has 0 saturated carbocycles. The summed E-state index contributed by atoms with van der Waals surface area (Å²) < 4.78 is 24.4. The summed E-state index contributed by atoms with van der Waals surface area (Å²) in [6, 6.07) is 21.3. The minimum absolute atomic E-state index is 0.0156. The van der Waals surface area contributed by atoms with Gasteiger partial charge in [-0.1, -0.05) is 29.8 Å². The average molecular weight is 506 g/mol. The van der Waals surface area contributed by atoms with Gasteiger partial charge in [-0.3, -0.25) is 14.6 Å². The van der Waals surface area contributed by atoms with E-state index in [-0.39, 0.29) is 26.6 Å². The lowest BCUT2D eigenvalue weighted by Crippen LogP contribution is -2.14. The Morgan fingerprint density at radius 3 is 2.40 bits per heavy atom. The molecule has 0 unspecified atom stereocenters. The van der Waals surface area contributed by atoms with Crippen LogP contribution in [0.5, 0.6) is 0 Å². The van der Waals surface area contributed by atoms with Gasteiger partial charge in [-0.05, 0) is 71.8 Å². The third-order valence-corrected chi connectivity index (χ3v) is 6.57. The number of carbonyl (C=O) groups excluding carboxylic acids is 2. The number of nitrogens with one attached hydrogen (secondary N) is 1. The Balaban J connectivity index is 1.78. The van der Waals surface area contributed by atoms with Crippen LogP contribution in [0, 0.1) is 0 Å². The van der Waals surface area contributed by atoms with E-state index in [0.29, 0.717) is 11.3 Å². The molecular formula is C26H20ClN3O4S. The van der Waals surface area contributed by atoms with Crippen molar-refractivity contribution in [2.24, 2.45) is 5.73 Å². The lowest BCUT2D eigenvalue weighted by Gasteiger charge is -2.14. The number of anilines is 1. The van der Waals surface area contributed by atoms with Gasteiger partial charge in [0.15, 0.2) is 9.84 Å². The van der Waals surface area contributed by atoms with Crippen LogP contribution in [-0.4, -0.2) is 31.5 Å². The molecule has 0 fully saturated rings. The van der Waals surface area contributed by atoms with Gasteiger partial charge in [0.2, 0.25) is 5.91 Å². The van der Waals surface area contributed by atoms with Gasteiger partial charge in [0.1, 0.15) is 0 Å². The molecule has 176 valence electrons. The molecule has 0 saturated heterocycles. The highest BCUT2D eigenvalue weighted by Crippen LogP contribution is 2.31. The van der Waals surface area contributed by atoms with Crippen LogP contribution in [0.25, 0.3) is 22.4 Å². The second-order valence-electron chi connectivity index (χ2n) is 7.82. The second-order valence-corrected chi connectivity index (χ2v) is 10.3. The van der Waals surface area contributed by atoms with Gasteiger partial charge in [-0.15, -0.1) is 0 Å². The smallest absolute Gasteiger partial charge is 0.256 e. The third-order valence-electron chi connectivity index (χ3n) is 5.24. The van der Waals surface area contributed by atoms with Crippen LogP contribution >= 0.6 is 11.6 Å². The first-order valence-electron chi connectivity index (χ1n) is 10.4. The van der Waals surface area contributed by atoms with Gasteiger partial charge < -0.3 is 11.1 Å². The number of benzene rings is 3. The Bertz CT molecular complexity index is 1550. The molecule has 0 atom stereocenters. The zero-order valence-electron chi connectivity index (χ0n) is 18.5. The number of sulfone groups is 1. The predicted octanol–water partition coefficient (Wildman–Crippen LogP) is 4.82. The number of nitrogens with two attached hydrogens (primary N) is 1. The van der Waals surface area contributed by atoms with Gasteiger partial charge in [-0.2, -0.15) is 0 Å². The van der Waals surface area contributed by atoms with Crippen molar-refractivity contribution in [3.8, 4) is 22.4 Å². The number of amides is 2. The molecule has 3 aromatic carbocycles. The van der Waals surface area contributed by atoms with E-state index in [0.717, 1.165) is 17.5 Å². The lowest BCUT2D eigenvalue weighted by molar-refractivity contribution is 0.0998. The minimum atomic E-state index is -3.57. The number of halogens is 1. The molecule has 2 amide bonds. The topological polar surface area (TPSA) is 119 Å². The fourth-order valence-electron chi connectivity index (χ4n) is 3.57. The number of carbonyl (C=O) groups is 2. The summed E-state index contributed by atoms with van der Waals surface area (Å²) in [5, 5.41) is 3.07. The highest BCUT2D eigenvalue weighted by atomic mass is 35.5. The van der Waals surface area contributed by atoms with E-state index in [9.17, 15) is 18.0 Å². The average Bonchev–Trinajstić information content (AvgIpc) is 2.83. The van der Waals surface area contributed by atoms with E-state index in [1.54, 1.807) is 24.4 Å². The SMILES string of the molecule is CS(=O)(=O)c1ccc(C(=O)Nc2cccc(-c3ccccn3)c2)c(-c2cc(Cl)cc(C(N)=O)c2)c1. The zero-order valence-corrected chi connectivity index (χ0v) is 20.1. The fraction of sp³-hybridized carbons (Fsp3) is 0.0385. The quantitative estimate of drug-likeness (QED) is 0.389. The Morgan fingerprint density at radius 1 is 0.914 bits per heavy atom. The second kappa shape index (κ2) is 9.69. The minimum Gasteiger partial charge on any atom is -0.366 e. The number of aromatic nitrogens is 1. The summed E-state index contributed by atoms with van der Waals surface area (Å²) in [4.78, 5) is 29.4. The van der Waals surface area contributed by atoms with Crippen molar-refractivity contribution in [2.75, 3.05) is 11.6 Å². The molecule has 0 radical (unpaired) electrons. The zero-order chi connectivity index (χ0) is 25.2. The van der Waals surface area contributed by atoms with Crippen molar-refractivity contribution in [1.82, 2.24) is 4.98 Å². The van der Waals surface area contributed by atoms with Crippen LogP contribution in [-0.2, 0) is 9.84 Å². The first kappa shape index (κ1) is 24.1. The fourth-order valence-corrected chi connectivity index (χ4v) is 4.45. The van der Waals surface area contributed by atoms with E-state index < -0.39 is 21.7 Å². The summed E-state index contributed by atoms with van der Waals surface area (Å²) in [7, 11) is -3.57. The molecule has 0 aliphatic heterocycles. The molecule has 0 bridgehead atoms. The maximum atomic E-state index is 13.3. The van der Waals surface area contributed by atoms with Crippen molar-refractivity contribution in [2.45, 2.75) is 4.90 Å². The van der Waals surface area contributed by atoms with Gasteiger partial charge in [0, 0.05) is 39.9 Å². The highest BCUT2D eigenvalue weighted by molar-refractivity contribution is 7.90. The van der Waals surface area contributed by atoms with Crippen molar-refractivity contribution in [1.29, 1.82) is 0 Å². The van der Waals surface area contributed by atoms with Crippen LogP contribution < -0.4 is 11.1 Å². The van der Waals surface area contributed by atoms with E-state index >= 15 is 0 Å². The maximum Gasteiger partial charge on any atom is 0.256 e. The molecular weight excluding hydrogens is 486 g/mol. The van der Waals surface area contributed by atoms with Crippen LogP contribution in [0.4, 0.5) is 5.69 Å². The van der Waals surface area contributed by atoms with Crippen LogP contribution in [0.15, 0.2) is 90.0 Å². The van der Waals surface area contributed by atoms with Crippen molar-refractivity contribution in [3.63, 3.8) is 0 Å². The van der Waals surface area contributed by atoms with E-state index in [1.165, 1.54) is 36.4 Å². The Hall–Kier alpha value is -4.01. The summed E-state index contributed by atoms with van der Waals surface area (Å²) in [6.07, 6.45) is 2.75. The molecule has 0 spiro atoms. The van der Waals surface area contributed by atoms with Crippen molar-refractivity contribution in [3.05, 3.63) is 101 Å². The molecule has 9 heteroatoms. The summed E-state index contributed by atoms with van der Waals surface area (Å²) in [5.74, 6) is -1.18. The first-order chi connectivity index (χ1) is 16.6. The first-order valence-corrected chi connectivity index (χ1v) is 12.7. The number of nitrogens with zero attached hydrogens (tertiary/aromatic N) is 1. The maximum absolute atomic E-state index is 13.3. The van der Waals surface area contributed by atoms with Crippen LogP contribution in [0.2, 0.25) is 5.02 Å². The lowest BCUT2D eigenvalue weighted by atomic mass is 9.97. The monoisotopic (exact) mass is 505 g/mol. The van der Waals surface area contributed by atoms with Crippen molar-refractivity contribution < 1.29 is 18.0 Å². The van der Waals surface area contributed by atoms with Gasteiger partial charge >= 0.3 is 0 Å². The van der Waals surface area contributed by atoms with Crippen LogP contribution in [0.1, 0.15) is 20.7 Å². The van der Waals surface area contributed by atoms with Crippen LogP contribution in [0.3, 0.4) is 0 Å². The van der Waals surface area contributed by atoms with E-state index in [1.807, 2.05) is 24.3 Å². The Morgan fingerprint density at radius 2 is 1.71 bits per heavy atom. The van der Waals surface area contributed by atoms with E-state index in [4.69, 9.17) is 17.3 Å². The summed E-state index contributed by atoms with van der Waals surface area (Å²) in [5.41, 5.74) is 8.50. The normalized spacial score (nSPS) is 11.1. The van der Waals surface area contributed by atoms with E-state index in [2.05, 4.69) is 10.3 Å². The third kappa shape index (κ3) is 5.56. The van der Waals surface area contributed by atoms with Crippen molar-refractivity contribution >= 4 is 38.9 Å². The van der Waals surface area contributed by atoms with Gasteiger partial charge in [0.25, 0.3) is 5.91 Å². The largest absolute Gasteiger partial charge is 0.366 e. The molecule has 3 N–H and O–H groups in total. The molecule has 4 aromatic rings. The molecule has 1 aromatic heterocycles. The standard InChI is InChI=1S/C26H20ClN3O4S/c1-35(33,34)21-8-9-22(23(15-21)17-11-18(25(28)31)13-19(27)12-17)26(32)30-20-6-4-5-16(14-20)24-7-2-3-10-29-24/h2-15H,1H3,(H2,28,31)(H,30,32). The molecule has 1 heterocycles. The number of primary amides is 1. The summed E-state index contributed by atoms with van der Waals surface area (Å²) in [6.45, 7) is 0. The van der Waals surface area contributed by atoms with Gasteiger partial charge in [0.05, 0.1) is 10.6 Å². The number of hydrogen-bond acceptors (Lipinski definition) is 5. The number of pyridine rings is 1. The molecule has 7 nitrogen and oxygen atoms in total. The molecule has 0 aliphatic rings. The molecule has 4 rings (SSSR count). The Labute approximate surface area is 207 Å². The van der Waals surface area contributed by atoms with Gasteiger partial charge in [-0.25, -0.2) is 8.42 Å².